The van der Waals surface area contributed by atoms with E-state index in [2.05, 4.69) is 10.3 Å². The van der Waals surface area contributed by atoms with Crippen LogP contribution in [-0.4, -0.2) is 21.2 Å². The van der Waals surface area contributed by atoms with Gasteiger partial charge in [0.1, 0.15) is 0 Å². The molecule has 1 heterocycles. The number of benzene rings is 2. The Labute approximate surface area is 172 Å². The van der Waals surface area contributed by atoms with E-state index in [1.54, 1.807) is 16.7 Å². The quantitative estimate of drug-likeness (QED) is 0.482. The number of carbonyl (C=O) groups excluding carboxylic acids is 1. The van der Waals surface area contributed by atoms with Crippen LogP contribution in [0.3, 0.4) is 0 Å². The number of thioether (sulfide) groups is 1. The molecule has 4 rings (SSSR count). The number of amides is 1. The summed E-state index contributed by atoms with van der Waals surface area (Å²) in [5.41, 5.74) is 1.59. The van der Waals surface area contributed by atoms with Crippen LogP contribution in [0.15, 0.2) is 58.5 Å². The molecule has 1 atom stereocenters. The second kappa shape index (κ2) is 7.97. The van der Waals surface area contributed by atoms with Crippen LogP contribution >= 0.6 is 23.4 Å². The summed E-state index contributed by atoms with van der Waals surface area (Å²) in [6.45, 7) is 1.92. The third kappa shape index (κ3) is 4.08. The molecule has 0 aliphatic heterocycles. The Morgan fingerprint density at radius 1 is 1.29 bits per heavy atom. The highest BCUT2D eigenvalue weighted by atomic mass is 35.5. The zero-order valence-corrected chi connectivity index (χ0v) is 17.0. The Hall–Kier alpha value is -2.31. The first kappa shape index (κ1) is 19.0. The zero-order valence-electron chi connectivity index (χ0n) is 15.4. The fraction of sp³-hybridized carbons (Fsp3) is 0.286. The van der Waals surface area contributed by atoms with Crippen LogP contribution in [0.1, 0.15) is 37.4 Å². The van der Waals surface area contributed by atoms with Crippen LogP contribution in [0.25, 0.3) is 10.9 Å². The van der Waals surface area contributed by atoms with Gasteiger partial charge in [-0.15, -0.1) is 0 Å². The molecule has 1 fully saturated rings. The van der Waals surface area contributed by atoms with Gasteiger partial charge in [-0.1, -0.05) is 47.6 Å². The first-order chi connectivity index (χ1) is 13.5. The Kier molecular flexibility index (Phi) is 5.42. The van der Waals surface area contributed by atoms with Crippen molar-refractivity contribution < 1.29 is 4.79 Å². The molecule has 0 radical (unpaired) electrons. The molecule has 1 aliphatic rings. The van der Waals surface area contributed by atoms with Crippen molar-refractivity contribution in [1.29, 1.82) is 0 Å². The molecule has 1 aliphatic carbocycles. The van der Waals surface area contributed by atoms with Crippen molar-refractivity contribution in [1.82, 2.24) is 14.9 Å². The normalized spacial score (nSPS) is 14.8. The van der Waals surface area contributed by atoms with Gasteiger partial charge in [-0.2, -0.15) is 0 Å². The van der Waals surface area contributed by atoms with E-state index in [9.17, 15) is 9.59 Å². The third-order valence-corrected chi connectivity index (χ3v) is 5.93. The van der Waals surface area contributed by atoms with E-state index >= 15 is 0 Å². The molecule has 1 N–H and O–H groups in total. The maximum atomic E-state index is 12.9. The van der Waals surface area contributed by atoms with E-state index in [4.69, 9.17) is 11.6 Å². The Bertz CT molecular complexity index is 1090. The minimum absolute atomic E-state index is 0.0247. The van der Waals surface area contributed by atoms with E-state index in [1.165, 1.54) is 11.8 Å². The lowest BCUT2D eigenvalue weighted by atomic mass is 10.1. The first-order valence-electron chi connectivity index (χ1n) is 9.22. The van der Waals surface area contributed by atoms with Gasteiger partial charge in [0, 0.05) is 11.1 Å². The number of fused-ring (bicyclic) bond motifs is 1. The van der Waals surface area contributed by atoms with E-state index in [1.807, 2.05) is 43.3 Å². The van der Waals surface area contributed by atoms with Gasteiger partial charge in [0.15, 0.2) is 5.16 Å². The molecule has 144 valence electrons. The Morgan fingerprint density at radius 3 is 2.82 bits per heavy atom. The molecule has 0 saturated heterocycles. The molecule has 2 aromatic carbocycles. The topological polar surface area (TPSA) is 64.0 Å². The van der Waals surface area contributed by atoms with Crippen molar-refractivity contribution in [3.8, 4) is 0 Å². The molecule has 1 saturated carbocycles. The van der Waals surface area contributed by atoms with Gasteiger partial charge >= 0.3 is 0 Å². The molecular weight excluding hydrogens is 394 g/mol. The van der Waals surface area contributed by atoms with E-state index in [0.717, 1.165) is 18.4 Å². The summed E-state index contributed by atoms with van der Waals surface area (Å²) in [5, 5.41) is 4.85. The monoisotopic (exact) mass is 413 g/mol. The van der Waals surface area contributed by atoms with Crippen LogP contribution in [-0.2, 0) is 4.79 Å². The van der Waals surface area contributed by atoms with Gasteiger partial charge in [0.25, 0.3) is 5.56 Å². The van der Waals surface area contributed by atoms with Crippen molar-refractivity contribution in [2.45, 2.75) is 37.0 Å². The smallest absolute Gasteiger partial charge is 0.262 e. The van der Waals surface area contributed by atoms with Crippen LogP contribution in [0.4, 0.5) is 0 Å². The number of halogens is 1. The summed E-state index contributed by atoms with van der Waals surface area (Å²) in [5.74, 6) is 0.0878. The molecule has 1 amide bonds. The van der Waals surface area contributed by atoms with E-state index in [-0.39, 0.29) is 29.3 Å². The van der Waals surface area contributed by atoms with Crippen molar-refractivity contribution in [2.75, 3.05) is 5.75 Å². The van der Waals surface area contributed by atoms with Crippen molar-refractivity contribution >= 4 is 40.2 Å². The molecule has 3 aromatic rings. The molecule has 0 unspecified atom stereocenters. The van der Waals surface area contributed by atoms with Crippen molar-refractivity contribution in [3.05, 3.63) is 69.5 Å². The van der Waals surface area contributed by atoms with E-state index in [0.29, 0.717) is 21.1 Å². The lowest BCUT2D eigenvalue weighted by Gasteiger charge is -2.15. The Balaban J connectivity index is 1.50. The van der Waals surface area contributed by atoms with Crippen LogP contribution in [0.5, 0.6) is 0 Å². The molecule has 0 bridgehead atoms. The van der Waals surface area contributed by atoms with Crippen LogP contribution in [0.2, 0.25) is 5.02 Å². The molecule has 0 spiro atoms. The minimum Gasteiger partial charge on any atom is -0.349 e. The molecule has 5 nitrogen and oxygen atoms in total. The second-order valence-electron chi connectivity index (χ2n) is 6.95. The number of rotatable bonds is 6. The van der Waals surface area contributed by atoms with Gasteiger partial charge in [-0.25, -0.2) is 4.98 Å². The van der Waals surface area contributed by atoms with Crippen molar-refractivity contribution in [2.24, 2.45) is 0 Å². The average Bonchev–Trinajstić information content (AvgIpc) is 3.51. The highest BCUT2D eigenvalue weighted by Crippen LogP contribution is 2.36. The molecule has 7 heteroatoms. The summed E-state index contributed by atoms with van der Waals surface area (Å²) in [4.78, 5) is 30.0. The number of para-hydroxylation sites is 1. The zero-order chi connectivity index (χ0) is 19.7. The number of hydrogen-bond donors (Lipinski definition) is 1. The SMILES string of the molecule is C[C@@H](NC(=O)CSc1nc2ccccc2c(=O)n1C1CC1)c1cccc(Cl)c1. The lowest BCUT2D eigenvalue weighted by molar-refractivity contribution is -0.119. The molecule has 1 aromatic heterocycles. The summed E-state index contributed by atoms with van der Waals surface area (Å²) in [7, 11) is 0. The highest BCUT2D eigenvalue weighted by Gasteiger charge is 2.28. The summed E-state index contributed by atoms with van der Waals surface area (Å²) in [6.07, 6.45) is 1.96. The van der Waals surface area contributed by atoms with Crippen LogP contribution < -0.4 is 10.9 Å². The fourth-order valence-electron chi connectivity index (χ4n) is 3.15. The maximum absolute atomic E-state index is 12.9. The number of hydrogen-bond acceptors (Lipinski definition) is 4. The highest BCUT2D eigenvalue weighted by molar-refractivity contribution is 7.99. The average molecular weight is 414 g/mol. The third-order valence-electron chi connectivity index (χ3n) is 4.75. The number of carbonyl (C=O) groups is 1. The second-order valence-corrected chi connectivity index (χ2v) is 8.33. The van der Waals surface area contributed by atoms with Gasteiger partial charge in [-0.3, -0.25) is 14.2 Å². The minimum atomic E-state index is -0.151. The summed E-state index contributed by atoms with van der Waals surface area (Å²) in [6, 6.07) is 14.8. The number of aromatic nitrogens is 2. The van der Waals surface area contributed by atoms with Gasteiger partial charge in [0.2, 0.25) is 5.91 Å². The summed E-state index contributed by atoms with van der Waals surface area (Å²) < 4.78 is 1.75. The van der Waals surface area contributed by atoms with Gasteiger partial charge < -0.3 is 5.32 Å². The lowest BCUT2D eigenvalue weighted by Crippen LogP contribution is -2.29. The van der Waals surface area contributed by atoms with Crippen LogP contribution in [0, 0.1) is 0 Å². The predicted molar refractivity (Wildman–Crippen MR) is 113 cm³/mol. The van der Waals surface area contributed by atoms with Gasteiger partial charge in [-0.05, 0) is 49.6 Å². The standard InChI is InChI=1S/C21H20ClN3O2S/c1-13(14-5-4-6-15(22)11-14)23-19(26)12-28-21-24-18-8-3-2-7-17(18)20(27)25(21)16-9-10-16/h2-8,11,13,16H,9-10,12H2,1H3,(H,23,26)/t13-/m1/s1. The van der Waals surface area contributed by atoms with E-state index < -0.39 is 0 Å². The first-order valence-corrected chi connectivity index (χ1v) is 10.6. The molecular formula is C21H20ClN3O2S. The van der Waals surface area contributed by atoms with Gasteiger partial charge in [0.05, 0.1) is 22.7 Å². The fourth-order valence-corrected chi connectivity index (χ4v) is 4.23. The largest absolute Gasteiger partial charge is 0.349 e. The number of nitrogens with zero attached hydrogens (tertiary/aromatic N) is 2. The predicted octanol–water partition coefficient (Wildman–Crippen LogP) is 4.35. The maximum Gasteiger partial charge on any atom is 0.262 e. The summed E-state index contributed by atoms with van der Waals surface area (Å²) >= 11 is 7.33. The van der Waals surface area contributed by atoms with Crippen molar-refractivity contribution in [3.63, 3.8) is 0 Å². The Morgan fingerprint density at radius 2 is 2.07 bits per heavy atom. The number of nitrogens with one attached hydrogen (secondary N) is 1. The molecule has 28 heavy (non-hydrogen) atoms.